The van der Waals surface area contributed by atoms with Crippen LogP contribution in [0, 0.1) is 0 Å². The molecule has 44 heavy (non-hydrogen) atoms. The van der Waals surface area contributed by atoms with E-state index in [1.807, 2.05) is 84.9 Å². The number of allylic oxidation sites excluding steroid dienone is 1. The van der Waals surface area contributed by atoms with E-state index in [0.717, 1.165) is 22.3 Å². The summed E-state index contributed by atoms with van der Waals surface area (Å²) in [6.45, 7) is 2.28. The summed E-state index contributed by atoms with van der Waals surface area (Å²) >= 11 is 13.6. The first kappa shape index (κ1) is 29.6. The van der Waals surface area contributed by atoms with Gasteiger partial charge in [0, 0.05) is 0 Å². The molecule has 2 heterocycles. The highest BCUT2D eigenvalue weighted by Crippen LogP contribution is 2.32. The minimum absolute atomic E-state index is 0.0944. The van der Waals surface area contributed by atoms with Crippen molar-refractivity contribution < 1.29 is 14.3 Å². The molecule has 1 atom stereocenters. The molecule has 0 bridgehead atoms. The zero-order valence-corrected chi connectivity index (χ0v) is 25.9. The summed E-state index contributed by atoms with van der Waals surface area (Å²) in [5.74, 6) is 0.127. The van der Waals surface area contributed by atoms with E-state index >= 15 is 0 Å². The smallest absolute Gasteiger partial charge is 0.338 e. The Hall–Kier alpha value is -4.43. The highest BCUT2D eigenvalue weighted by molar-refractivity contribution is 7.07. The van der Waals surface area contributed by atoms with Gasteiger partial charge in [0.25, 0.3) is 5.56 Å². The van der Waals surface area contributed by atoms with E-state index in [9.17, 15) is 9.59 Å². The SMILES string of the molecule is CC1=C(C(=O)OCc2ccccc2)C(c2ccc(OCc3ccccc3)cc2)n2c(s/c(=C/c3ccc(Cl)c(Cl)c3)c2=O)=N1. The summed E-state index contributed by atoms with van der Waals surface area (Å²) in [4.78, 5) is 32.8. The number of halogens is 2. The van der Waals surface area contributed by atoms with Gasteiger partial charge in [-0.3, -0.25) is 9.36 Å². The first-order valence-corrected chi connectivity index (χ1v) is 15.4. The maximum absolute atomic E-state index is 14.0. The Labute approximate surface area is 267 Å². The van der Waals surface area contributed by atoms with Crippen LogP contribution in [0.3, 0.4) is 0 Å². The van der Waals surface area contributed by atoms with Gasteiger partial charge in [-0.2, -0.15) is 0 Å². The molecular formula is C35H26Cl2N2O4S. The lowest BCUT2D eigenvalue weighted by Gasteiger charge is -2.25. The van der Waals surface area contributed by atoms with Crippen molar-refractivity contribution in [3.05, 3.63) is 166 Å². The molecule has 1 aromatic heterocycles. The number of ether oxygens (including phenoxy) is 2. The summed E-state index contributed by atoms with van der Waals surface area (Å²) < 4.78 is 13.7. The van der Waals surface area contributed by atoms with Crippen molar-refractivity contribution in [1.29, 1.82) is 0 Å². The van der Waals surface area contributed by atoms with Crippen molar-refractivity contribution in [2.24, 2.45) is 4.99 Å². The second kappa shape index (κ2) is 13.1. The number of rotatable bonds is 8. The lowest BCUT2D eigenvalue weighted by molar-refractivity contribution is -0.140. The molecule has 1 aliphatic rings. The molecule has 6 rings (SSSR count). The molecule has 0 aliphatic carbocycles. The average molecular weight is 642 g/mol. The van der Waals surface area contributed by atoms with Gasteiger partial charge >= 0.3 is 5.97 Å². The van der Waals surface area contributed by atoms with E-state index in [-0.39, 0.29) is 12.2 Å². The summed E-state index contributed by atoms with van der Waals surface area (Å²) in [7, 11) is 0. The molecule has 0 spiro atoms. The Morgan fingerprint density at radius 1 is 0.886 bits per heavy atom. The largest absolute Gasteiger partial charge is 0.489 e. The first-order valence-electron chi connectivity index (χ1n) is 13.8. The maximum Gasteiger partial charge on any atom is 0.338 e. The zero-order chi connectivity index (χ0) is 30.6. The fraction of sp³-hybridized carbons (Fsp3) is 0.114. The Balaban J connectivity index is 1.38. The van der Waals surface area contributed by atoms with E-state index in [2.05, 4.69) is 4.99 Å². The van der Waals surface area contributed by atoms with Crippen molar-refractivity contribution >= 4 is 46.6 Å². The number of carbonyl (C=O) groups excluding carboxylic acids is 1. The average Bonchev–Trinajstić information content (AvgIpc) is 3.35. The van der Waals surface area contributed by atoms with Crippen molar-refractivity contribution in [3.63, 3.8) is 0 Å². The monoisotopic (exact) mass is 640 g/mol. The van der Waals surface area contributed by atoms with Crippen LogP contribution in [0.25, 0.3) is 6.08 Å². The van der Waals surface area contributed by atoms with E-state index in [1.54, 1.807) is 35.8 Å². The molecule has 5 aromatic rings. The number of benzene rings is 4. The van der Waals surface area contributed by atoms with E-state index in [0.29, 0.717) is 43.0 Å². The standard InChI is InChI=1S/C35H26Cl2N2O4S/c1-22-31(34(41)43-21-24-10-6-3-7-11-24)32(26-13-15-27(16-14-26)42-20-23-8-4-2-5-9-23)39-33(40)30(44-35(39)38-22)19-25-12-17-28(36)29(37)18-25/h2-19,32H,20-21H2,1H3/b30-19+. The number of hydrogen-bond donors (Lipinski definition) is 0. The van der Waals surface area contributed by atoms with E-state index in [4.69, 9.17) is 32.7 Å². The molecule has 0 N–H and O–H groups in total. The summed E-state index contributed by atoms with van der Waals surface area (Å²) in [5.41, 5.74) is 3.85. The van der Waals surface area contributed by atoms with Crippen LogP contribution in [0.1, 0.15) is 35.2 Å². The third kappa shape index (κ3) is 6.40. The zero-order valence-electron chi connectivity index (χ0n) is 23.6. The van der Waals surface area contributed by atoms with Gasteiger partial charge in [0.2, 0.25) is 0 Å². The molecule has 0 amide bonds. The fourth-order valence-corrected chi connectivity index (χ4v) is 6.29. The second-order valence-corrected chi connectivity index (χ2v) is 12.0. The molecule has 0 saturated carbocycles. The van der Waals surface area contributed by atoms with Gasteiger partial charge in [-0.15, -0.1) is 0 Å². The van der Waals surface area contributed by atoms with E-state index < -0.39 is 12.0 Å². The number of hydrogen-bond acceptors (Lipinski definition) is 6. The van der Waals surface area contributed by atoms with Crippen LogP contribution < -0.4 is 19.6 Å². The normalized spacial score (nSPS) is 14.6. The Bertz CT molecular complexity index is 2040. The van der Waals surface area contributed by atoms with Gasteiger partial charge in [-0.25, -0.2) is 9.79 Å². The van der Waals surface area contributed by atoms with Gasteiger partial charge in [-0.1, -0.05) is 113 Å². The maximum atomic E-state index is 14.0. The molecule has 1 unspecified atom stereocenters. The first-order chi connectivity index (χ1) is 21.4. The molecule has 220 valence electrons. The third-order valence-corrected chi connectivity index (χ3v) is 8.86. The van der Waals surface area contributed by atoms with Crippen LogP contribution in [0.2, 0.25) is 10.0 Å². The van der Waals surface area contributed by atoms with Crippen molar-refractivity contribution in [3.8, 4) is 5.75 Å². The molecule has 0 saturated heterocycles. The van der Waals surface area contributed by atoms with Gasteiger partial charge in [0.05, 0.1) is 31.9 Å². The highest BCUT2D eigenvalue weighted by atomic mass is 35.5. The quantitative estimate of drug-likeness (QED) is 0.174. The van der Waals surface area contributed by atoms with Gasteiger partial charge in [0.15, 0.2) is 4.80 Å². The Kier molecular flexibility index (Phi) is 8.79. The van der Waals surface area contributed by atoms with Crippen LogP contribution >= 0.6 is 34.5 Å². The summed E-state index contributed by atoms with van der Waals surface area (Å²) in [6.07, 6.45) is 1.75. The Morgan fingerprint density at radius 3 is 2.20 bits per heavy atom. The number of aromatic nitrogens is 1. The predicted octanol–water partition coefficient (Wildman–Crippen LogP) is 6.86. The van der Waals surface area contributed by atoms with Crippen LogP contribution in [-0.2, 0) is 22.7 Å². The van der Waals surface area contributed by atoms with Crippen molar-refractivity contribution in [1.82, 2.24) is 4.57 Å². The fourth-order valence-electron chi connectivity index (χ4n) is 4.94. The molecule has 9 heteroatoms. The van der Waals surface area contributed by atoms with Crippen LogP contribution in [0.5, 0.6) is 5.75 Å². The molecule has 0 radical (unpaired) electrons. The second-order valence-electron chi connectivity index (χ2n) is 10.2. The molecule has 6 nitrogen and oxygen atoms in total. The van der Waals surface area contributed by atoms with Crippen LogP contribution in [-0.4, -0.2) is 10.5 Å². The van der Waals surface area contributed by atoms with Crippen LogP contribution in [0.15, 0.2) is 124 Å². The number of carbonyl (C=O) groups is 1. The predicted molar refractivity (Wildman–Crippen MR) is 174 cm³/mol. The molecule has 0 fully saturated rings. The topological polar surface area (TPSA) is 69.9 Å². The minimum atomic E-state index is -0.756. The van der Waals surface area contributed by atoms with Gasteiger partial charge in [-0.05, 0) is 59.5 Å². The van der Waals surface area contributed by atoms with Crippen molar-refractivity contribution in [2.45, 2.75) is 26.2 Å². The van der Waals surface area contributed by atoms with Gasteiger partial charge < -0.3 is 9.47 Å². The van der Waals surface area contributed by atoms with Crippen molar-refractivity contribution in [2.75, 3.05) is 0 Å². The number of thiazole rings is 1. The highest BCUT2D eigenvalue weighted by Gasteiger charge is 2.33. The minimum Gasteiger partial charge on any atom is -0.489 e. The van der Waals surface area contributed by atoms with Gasteiger partial charge in [0.1, 0.15) is 19.0 Å². The molecule has 4 aromatic carbocycles. The lowest BCUT2D eigenvalue weighted by atomic mass is 9.96. The third-order valence-electron chi connectivity index (χ3n) is 7.14. The summed E-state index contributed by atoms with van der Waals surface area (Å²) in [6, 6.07) is 31.2. The molecule has 1 aliphatic heterocycles. The van der Waals surface area contributed by atoms with E-state index in [1.165, 1.54) is 11.3 Å². The number of nitrogens with zero attached hydrogens (tertiary/aromatic N) is 2. The number of esters is 1. The summed E-state index contributed by atoms with van der Waals surface area (Å²) in [5, 5.41) is 0.815. The lowest BCUT2D eigenvalue weighted by Crippen LogP contribution is -2.39. The van der Waals surface area contributed by atoms with Crippen LogP contribution in [0.4, 0.5) is 0 Å². The molecular weight excluding hydrogens is 615 g/mol. The number of fused-ring (bicyclic) bond motifs is 1. The Morgan fingerprint density at radius 2 is 1.55 bits per heavy atom.